The van der Waals surface area contributed by atoms with Gasteiger partial charge in [-0.3, -0.25) is 9.59 Å². The molecule has 0 spiro atoms. The average Bonchev–Trinajstić information content (AvgIpc) is 2.75. The highest BCUT2D eigenvalue weighted by molar-refractivity contribution is 6.30. The molecule has 4 amide bonds. The van der Waals surface area contributed by atoms with E-state index in [1.807, 2.05) is 30.9 Å². The summed E-state index contributed by atoms with van der Waals surface area (Å²) < 4.78 is 0. The topological polar surface area (TPSA) is 125 Å². The van der Waals surface area contributed by atoms with Crippen LogP contribution in [0.2, 0.25) is 5.02 Å². The van der Waals surface area contributed by atoms with Gasteiger partial charge in [-0.15, -0.1) is 0 Å². The first-order valence-corrected chi connectivity index (χ1v) is 12.0. The quantitative estimate of drug-likeness (QED) is 0.501. The fraction of sp³-hybridized carbons (Fsp3) is 0.625. The minimum absolute atomic E-state index is 0.0170. The number of nitrogens with zero attached hydrogens (tertiary/aromatic N) is 1. The third-order valence-corrected chi connectivity index (χ3v) is 7.39. The Morgan fingerprint density at radius 1 is 1.18 bits per heavy atom. The lowest BCUT2D eigenvalue weighted by molar-refractivity contribution is -0.158. The molecular weight excluding hydrogens is 444 g/mol. The summed E-state index contributed by atoms with van der Waals surface area (Å²) in [4.78, 5) is 38.5. The van der Waals surface area contributed by atoms with E-state index in [1.54, 1.807) is 12.1 Å². The van der Waals surface area contributed by atoms with Crippen molar-refractivity contribution in [1.29, 1.82) is 0 Å². The largest absolute Gasteiger partial charge is 0.384 e. The van der Waals surface area contributed by atoms with Crippen LogP contribution in [0.15, 0.2) is 24.3 Å². The minimum atomic E-state index is -1.07. The Kier molecular flexibility index (Phi) is 7.90. The number of carbonyl (C=O) groups is 3. The Balaban J connectivity index is 1.66. The van der Waals surface area contributed by atoms with E-state index < -0.39 is 23.0 Å². The number of primary amides is 1. The molecule has 1 aliphatic carbocycles. The minimum Gasteiger partial charge on any atom is -0.384 e. The molecular formula is C24H35ClN4O4. The van der Waals surface area contributed by atoms with Gasteiger partial charge in [0.25, 0.3) is 0 Å². The van der Waals surface area contributed by atoms with Crippen LogP contribution >= 0.6 is 11.6 Å². The molecule has 1 saturated heterocycles. The van der Waals surface area contributed by atoms with Gasteiger partial charge in [0.15, 0.2) is 0 Å². The number of rotatable bonds is 6. The van der Waals surface area contributed by atoms with Gasteiger partial charge in [-0.2, -0.15) is 0 Å². The molecule has 182 valence electrons. The standard InChI is InChI=1S/C24H35ClN4O4/c1-23(2)15-29(14-12-24(23,33)16-7-9-17(25)10-8-16)21(31)18-5-3-4-6-19(18)28-22(32)27-13-11-20(26)30/h7-10,18-19,33H,3-6,11-15H2,1-2H3,(H2,26,30)(H2,27,28,32)/t18-,19+,24-/m0/s1. The molecule has 2 fully saturated rings. The summed E-state index contributed by atoms with van der Waals surface area (Å²) in [6.07, 6.45) is 3.81. The predicted molar refractivity (Wildman–Crippen MR) is 126 cm³/mol. The molecule has 1 aliphatic heterocycles. The number of nitrogens with one attached hydrogen (secondary N) is 2. The number of urea groups is 1. The van der Waals surface area contributed by atoms with Crippen LogP contribution in [0.4, 0.5) is 4.79 Å². The van der Waals surface area contributed by atoms with E-state index in [0.717, 1.165) is 24.8 Å². The summed E-state index contributed by atoms with van der Waals surface area (Å²) in [5.74, 6) is -0.770. The summed E-state index contributed by atoms with van der Waals surface area (Å²) in [7, 11) is 0. The van der Waals surface area contributed by atoms with Crippen molar-refractivity contribution in [2.75, 3.05) is 19.6 Å². The fourth-order valence-electron chi connectivity index (χ4n) is 5.12. The molecule has 2 aliphatic rings. The smallest absolute Gasteiger partial charge is 0.315 e. The van der Waals surface area contributed by atoms with Crippen LogP contribution in [-0.2, 0) is 15.2 Å². The summed E-state index contributed by atoms with van der Waals surface area (Å²) in [6, 6.07) is 6.58. The zero-order valence-electron chi connectivity index (χ0n) is 19.4. The van der Waals surface area contributed by atoms with Crippen LogP contribution in [0.5, 0.6) is 0 Å². The number of halogens is 1. The normalized spacial score (nSPS) is 27.0. The third kappa shape index (κ3) is 5.79. The number of piperidine rings is 1. The van der Waals surface area contributed by atoms with Crippen molar-refractivity contribution >= 4 is 29.4 Å². The molecule has 33 heavy (non-hydrogen) atoms. The van der Waals surface area contributed by atoms with E-state index in [1.165, 1.54) is 0 Å². The van der Waals surface area contributed by atoms with Crippen LogP contribution in [-0.4, -0.2) is 53.5 Å². The molecule has 0 aromatic heterocycles. The SMILES string of the molecule is CC1(C)CN(C(=O)[C@H]2CCCC[C@H]2NC(=O)NCCC(N)=O)CC[C@]1(O)c1ccc(Cl)cc1. The monoisotopic (exact) mass is 478 g/mol. The Morgan fingerprint density at radius 2 is 1.85 bits per heavy atom. The summed E-state index contributed by atoms with van der Waals surface area (Å²) in [6.45, 7) is 4.97. The highest BCUT2D eigenvalue weighted by atomic mass is 35.5. The van der Waals surface area contributed by atoms with E-state index in [0.29, 0.717) is 31.0 Å². The maximum Gasteiger partial charge on any atom is 0.315 e. The molecule has 1 saturated carbocycles. The first-order chi connectivity index (χ1) is 15.5. The van der Waals surface area contributed by atoms with Gasteiger partial charge < -0.3 is 26.4 Å². The Hall–Kier alpha value is -2.32. The Bertz CT molecular complexity index is 876. The maximum atomic E-state index is 13.5. The van der Waals surface area contributed by atoms with Crippen molar-refractivity contribution < 1.29 is 19.5 Å². The second-order valence-corrected chi connectivity index (χ2v) is 10.3. The average molecular weight is 479 g/mol. The van der Waals surface area contributed by atoms with E-state index >= 15 is 0 Å². The molecule has 0 unspecified atom stereocenters. The summed E-state index contributed by atoms with van der Waals surface area (Å²) in [5.41, 5.74) is 4.27. The van der Waals surface area contributed by atoms with Gasteiger partial charge in [-0.25, -0.2) is 4.79 Å². The highest BCUT2D eigenvalue weighted by Crippen LogP contribution is 2.46. The highest BCUT2D eigenvalue weighted by Gasteiger charge is 2.50. The summed E-state index contributed by atoms with van der Waals surface area (Å²) >= 11 is 6.02. The number of amides is 4. The molecule has 3 rings (SSSR count). The van der Waals surface area contributed by atoms with Crippen LogP contribution in [0.25, 0.3) is 0 Å². The number of hydrogen-bond donors (Lipinski definition) is 4. The fourth-order valence-corrected chi connectivity index (χ4v) is 5.25. The van der Waals surface area contributed by atoms with Gasteiger partial charge in [-0.1, -0.05) is 50.4 Å². The van der Waals surface area contributed by atoms with Crippen LogP contribution in [0.3, 0.4) is 0 Å². The van der Waals surface area contributed by atoms with Crippen molar-refractivity contribution in [3.8, 4) is 0 Å². The first-order valence-electron chi connectivity index (χ1n) is 11.6. The predicted octanol–water partition coefficient (Wildman–Crippen LogP) is 2.52. The molecule has 1 aromatic carbocycles. The maximum absolute atomic E-state index is 13.5. The van der Waals surface area contributed by atoms with Crippen LogP contribution in [0.1, 0.15) is 57.9 Å². The van der Waals surface area contributed by atoms with Gasteiger partial charge in [0.1, 0.15) is 0 Å². The number of aliphatic hydroxyl groups is 1. The van der Waals surface area contributed by atoms with Gasteiger partial charge in [-0.05, 0) is 37.0 Å². The van der Waals surface area contributed by atoms with Crippen LogP contribution in [0, 0.1) is 11.3 Å². The second kappa shape index (κ2) is 10.3. The zero-order valence-corrected chi connectivity index (χ0v) is 20.2. The molecule has 8 nitrogen and oxygen atoms in total. The van der Waals surface area contributed by atoms with Gasteiger partial charge in [0.2, 0.25) is 11.8 Å². The summed E-state index contributed by atoms with van der Waals surface area (Å²) in [5, 5.41) is 17.7. The van der Waals surface area contributed by atoms with Crippen LogP contribution < -0.4 is 16.4 Å². The molecule has 1 heterocycles. The van der Waals surface area contributed by atoms with E-state index in [2.05, 4.69) is 10.6 Å². The lowest BCUT2D eigenvalue weighted by Gasteiger charge is -2.51. The number of hydrogen-bond acceptors (Lipinski definition) is 4. The van der Waals surface area contributed by atoms with E-state index in [9.17, 15) is 19.5 Å². The van der Waals surface area contributed by atoms with Crippen molar-refractivity contribution in [3.05, 3.63) is 34.9 Å². The third-order valence-electron chi connectivity index (χ3n) is 7.14. The lowest BCUT2D eigenvalue weighted by atomic mass is 9.66. The van der Waals surface area contributed by atoms with Crippen molar-refractivity contribution in [2.24, 2.45) is 17.1 Å². The number of carbonyl (C=O) groups excluding carboxylic acids is 3. The van der Waals surface area contributed by atoms with Crippen molar-refractivity contribution in [3.63, 3.8) is 0 Å². The number of likely N-dealkylation sites (tertiary alicyclic amines) is 1. The lowest BCUT2D eigenvalue weighted by Crippen LogP contribution is -2.59. The molecule has 9 heteroatoms. The van der Waals surface area contributed by atoms with Crippen molar-refractivity contribution in [1.82, 2.24) is 15.5 Å². The Labute approximate surface area is 200 Å². The molecule has 0 radical (unpaired) electrons. The zero-order chi connectivity index (χ0) is 24.2. The van der Waals surface area contributed by atoms with Crippen molar-refractivity contribution in [2.45, 2.75) is 64.0 Å². The molecule has 5 N–H and O–H groups in total. The second-order valence-electron chi connectivity index (χ2n) is 9.87. The first kappa shape index (κ1) is 25.3. The molecule has 1 aromatic rings. The van der Waals surface area contributed by atoms with E-state index in [-0.39, 0.29) is 30.8 Å². The molecule has 3 atom stereocenters. The number of benzene rings is 1. The Morgan fingerprint density at radius 3 is 2.48 bits per heavy atom. The number of nitrogens with two attached hydrogens (primary N) is 1. The van der Waals surface area contributed by atoms with Gasteiger partial charge in [0.05, 0.1) is 11.5 Å². The van der Waals surface area contributed by atoms with Gasteiger partial charge in [0, 0.05) is 42.5 Å². The van der Waals surface area contributed by atoms with Gasteiger partial charge >= 0.3 is 6.03 Å². The molecule has 0 bridgehead atoms. The van der Waals surface area contributed by atoms with E-state index in [4.69, 9.17) is 17.3 Å².